The summed E-state index contributed by atoms with van der Waals surface area (Å²) in [7, 11) is 0. The number of aliphatic hydroxyl groups excluding tert-OH is 1. The number of benzene rings is 3. The lowest BCUT2D eigenvalue weighted by Gasteiger charge is -2.10. The molecule has 0 atom stereocenters. The predicted molar refractivity (Wildman–Crippen MR) is 158 cm³/mol. The molecule has 0 aliphatic carbocycles. The van der Waals surface area contributed by atoms with Gasteiger partial charge in [-0.1, -0.05) is 12.1 Å². The van der Waals surface area contributed by atoms with Crippen LogP contribution in [0, 0.1) is 11.6 Å². The monoisotopic (exact) mass is 599 g/mol. The van der Waals surface area contributed by atoms with E-state index in [9.17, 15) is 23.2 Å². The highest BCUT2D eigenvalue weighted by Crippen LogP contribution is 2.19. The highest BCUT2D eigenvalue weighted by molar-refractivity contribution is 5.94. The third-order valence-electron chi connectivity index (χ3n) is 6.60. The Kier molecular flexibility index (Phi) is 9.25. The zero-order valence-electron chi connectivity index (χ0n) is 23.3. The van der Waals surface area contributed by atoms with Gasteiger partial charge in [-0.15, -0.1) is 0 Å². The first-order valence-electron chi connectivity index (χ1n) is 13.6. The molecule has 5 aromatic rings. The summed E-state index contributed by atoms with van der Waals surface area (Å²) in [6.45, 7) is 0.437. The van der Waals surface area contributed by atoms with Crippen molar-refractivity contribution in [1.82, 2.24) is 30.2 Å². The molecule has 0 saturated carbocycles. The Morgan fingerprint density at radius 1 is 0.886 bits per heavy atom. The highest BCUT2D eigenvalue weighted by Gasteiger charge is 2.14. The van der Waals surface area contributed by atoms with Crippen molar-refractivity contribution in [2.75, 3.05) is 18.5 Å². The molecule has 224 valence electrons. The van der Waals surface area contributed by atoms with Gasteiger partial charge in [-0.25, -0.2) is 23.7 Å². The summed E-state index contributed by atoms with van der Waals surface area (Å²) in [5, 5.41) is 18.1. The van der Waals surface area contributed by atoms with Crippen molar-refractivity contribution in [3.8, 4) is 0 Å². The van der Waals surface area contributed by atoms with Crippen molar-refractivity contribution < 1.29 is 23.5 Å². The molecule has 4 N–H and O–H groups in total. The van der Waals surface area contributed by atoms with Gasteiger partial charge >= 0.3 is 0 Å². The Bertz CT molecular complexity index is 1880. The largest absolute Gasteiger partial charge is 0.396 e. The standard InChI is InChI=1S/C31H27F2N7O4/c32-25-8-2-20(13-26(25)33)17-40-18-34-16-24(30(40)44)29(43)36-14-19-3-9-27-22(12-19)15-37-31(39-27)38-23-6-4-21(5-7-23)28(42)35-10-1-11-41/h2-9,12-13,15-16,18,41H,1,10-11,14,17H2,(H,35,42)(H,36,43)(H,37,38,39). The molecule has 2 heterocycles. The predicted octanol–water partition coefficient (Wildman–Crippen LogP) is 3.30. The molecule has 5 rings (SSSR count). The van der Waals surface area contributed by atoms with E-state index in [-0.39, 0.29) is 31.2 Å². The molecule has 0 aliphatic heterocycles. The minimum atomic E-state index is -1.03. The second-order valence-corrected chi connectivity index (χ2v) is 9.79. The first kappa shape index (κ1) is 29.9. The molecule has 2 amide bonds. The van der Waals surface area contributed by atoms with Crippen LogP contribution in [0.2, 0.25) is 0 Å². The first-order valence-corrected chi connectivity index (χ1v) is 13.6. The number of anilines is 2. The van der Waals surface area contributed by atoms with Gasteiger partial charge < -0.3 is 21.1 Å². The second kappa shape index (κ2) is 13.6. The number of nitrogens with one attached hydrogen (secondary N) is 3. The number of nitrogens with zero attached hydrogens (tertiary/aromatic N) is 4. The summed E-state index contributed by atoms with van der Waals surface area (Å²) < 4.78 is 27.9. The summed E-state index contributed by atoms with van der Waals surface area (Å²) in [4.78, 5) is 50.6. The van der Waals surface area contributed by atoms with Crippen molar-refractivity contribution in [1.29, 1.82) is 0 Å². The van der Waals surface area contributed by atoms with E-state index in [0.29, 0.717) is 41.2 Å². The molecule has 0 fully saturated rings. The lowest BCUT2D eigenvalue weighted by Crippen LogP contribution is -2.33. The van der Waals surface area contributed by atoms with Gasteiger partial charge in [-0.2, -0.15) is 0 Å². The minimum absolute atomic E-state index is 0.00970. The normalized spacial score (nSPS) is 10.9. The van der Waals surface area contributed by atoms with E-state index >= 15 is 0 Å². The van der Waals surface area contributed by atoms with E-state index in [2.05, 4.69) is 30.9 Å². The number of carbonyl (C=O) groups is 2. The lowest BCUT2D eigenvalue weighted by molar-refractivity contribution is 0.0941. The van der Waals surface area contributed by atoms with Crippen LogP contribution in [-0.2, 0) is 13.1 Å². The molecule has 0 bridgehead atoms. The van der Waals surface area contributed by atoms with Crippen LogP contribution < -0.4 is 21.5 Å². The molecule has 0 unspecified atom stereocenters. The zero-order chi connectivity index (χ0) is 31.1. The molecule has 13 heteroatoms. The summed E-state index contributed by atoms with van der Waals surface area (Å²) in [6.07, 6.45) is 4.50. The van der Waals surface area contributed by atoms with Gasteiger partial charge in [0.1, 0.15) is 5.56 Å². The van der Waals surface area contributed by atoms with E-state index in [1.165, 1.54) is 12.4 Å². The molecule has 0 spiro atoms. The number of amides is 2. The average molecular weight is 600 g/mol. The van der Waals surface area contributed by atoms with Gasteiger partial charge in [0, 0.05) is 48.7 Å². The molecule has 3 aromatic carbocycles. The number of hydrogen-bond donors (Lipinski definition) is 4. The second-order valence-electron chi connectivity index (χ2n) is 9.79. The van der Waals surface area contributed by atoms with Gasteiger partial charge in [-0.05, 0) is 66.1 Å². The fraction of sp³-hybridized carbons (Fsp3) is 0.161. The van der Waals surface area contributed by atoms with Crippen LogP contribution in [0.4, 0.5) is 20.4 Å². The van der Waals surface area contributed by atoms with Crippen LogP contribution in [0.1, 0.15) is 38.3 Å². The van der Waals surface area contributed by atoms with Crippen molar-refractivity contribution in [2.45, 2.75) is 19.5 Å². The van der Waals surface area contributed by atoms with Crippen LogP contribution in [0.3, 0.4) is 0 Å². The number of aromatic nitrogens is 4. The Morgan fingerprint density at radius 3 is 2.45 bits per heavy atom. The molecular weight excluding hydrogens is 572 g/mol. The number of fused-ring (bicyclic) bond motifs is 1. The molecule has 11 nitrogen and oxygen atoms in total. The smallest absolute Gasteiger partial charge is 0.266 e. The first-order chi connectivity index (χ1) is 21.3. The van der Waals surface area contributed by atoms with Crippen LogP contribution in [-0.4, -0.2) is 49.6 Å². The van der Waals surface area contributed by atoms with E-state index in [0.717, 1.165) is 33.8 Å². The molecule has 44 heavy (non-hydrogen) atoms. The molecule has 2 aromatic heterocycles. The summed E-state index contributed by atoms with van der Waals surface area (Å²) in [6, 6.07) is 15.5. The maximum atomic E-state index is 13.6. The van der Waals surface area contributed by atoms with Crippen LogP contribution in [0.15, 0.2) is 84.2 Å². The molecular formula is C31H27F2N7O4. The highest BCUT2D eigenvalue weighted by atomic mass is 19.2. The van der Waals surface area contributed by atoms with Gasteiger partial charge in [0.25, 0.3) is 17.4 Å². The van der Waals surface area contributed by atoms with Crippen molar-refractivity contribution in [3.63, 3.8) is 0 Å². The van der Waals surface area contributed by atoms with Gasteiger partial charge in [-0.3, -0.25) is 19.0 Å². The number of hydrogen-bond acceptors (Lipinski definition) is 8. The quantitative estimate of drug-likeness (QED) is 0.169. The zero-order valence-corrected chi connectivity index (χ0v) is 23.3. The van der Waals surface area contributed by atoms with Crippen molar-refractivity contribution >= 4 is 34.4 Å². The number of rotatable bonds is 11. The topological polar surface area (TPSA) is 151 Å². The number of aliphatic hydroxyl groups is 1. The van der Waals surface area contributed by atoms with Crippen LogP contribution >= 0.6 is 0 Å². The SMILES string of the molecule is O=C(NCCCO)c1ccc(Nc2ncc3cc(CNC(=O)c4cncn(Cc5ccc(F)c(F)c5)c4=O)ccc3n2)cc1. The Hall–Kier alpha value is -5.56. The number of halogens is 2. The van der Waals surface area contributed by atoms with E-state index in [1.54, 1.807) is 42.6 Å². The molecule has 0 aliphatic rings. The van der Waals surface area contributed by atoms with E-state index in [4.69, 9.17) is 5.11 Å². The van der Waals surface area contributed by atoms with Gasteiger partial charge in [0.2, 0.25) is 5.95 Å². The Balaban J connectivity index is 1.20. The maximum absolute atomic E-state index is 13.6. The van der Waals surface area contributed by atoms with Gasteiger partial charge in [0.05, 0.1) is 18.4 Å². The minimum Gasteiger partial charge on any atom is -0.396 e. The van der Waals surface area contributed by atoms with E-state index in [1.807, 2.05) is 6.07 Å². The fourth-order valence-electron chi connectivity index (χ4n) is 4.30. The average Bonchev–Trinajstić information content (AvgIpc) is 3.03. The summed E-state index contributed by atoms with van der Waals surface area (Å²) in [5.74, 6) is -2.53. The van der Waals surface area contributed by atoms with Crippen LogP contribution in [0.5, 0.6) is 0 Å². The number of carbonyl (C=O) groups excluding carboxylic acids is 2. The summed E-state index contributed by atoms with van der Waals surface area (Å²) in [5.41, 5.74) is 2.11. The molecule has 0 radical (unpaired) electrons. The lowest BCUT2D eigenvalue weighted by atomic mass is 10.1. The third-order valence-corrected chi connectivity index (χ3v) is 6.60. The Labute approximate surface area is 249 Å². The van der Waals surface area contributed by atoms with Gasteiger partial charge in [0.15, 0.2) is 11.6 Å². The van der Waals surface area contributed by atoms with Crippen molar-refractivity contribution in [2.24, 2.45) is 0 Å². The molecule has 0 saturated heterocycles. The third kappa shape index (κ3) is 7.25. The van der Waals surface area contributed by atoms with Crippen LogP contribution in [0.25, 0.3) is 10.9 Å². The maximum Gasteiger partial charge on any atom is 0.266 e. The Morgan fingerprint density at radius 2 is 1.68 bits per heavy atom. The fourth-order valence-corrected chi connectivity index (χ4v) is 4.30. The van der Waals surface area contributed by atoms with Crippen molar-refractivity contribution in [3.05, 3.63) is 124 Å². The summed E-state index contributed by atoms with van der Waals surface area (Å²) >= 11 is 0. The van der Waals surface area contributed by atoms with E-state index < -0.39 is 23.1 Å².